The van der Waals surface area contributed by atoms with Crippen LogP contribution in [-0.2, 0) is 11.3 Å². The van der Waals surface area contributed by atoms with Gasteiger partial charge in [0.1, 0.15) is 6.61 Å². The molecule has 0 spiro atoms. The van der Waals surface area contributed by atoms with Crippen LogP contribution in [-0.4, -0.2) is 11.9 Å². The summed E-state index contributed by atoms with van der Waals surface area (Å²) in [7, 11) is 0. The topological polar surface area (TPSA) is 55.4 Å². The third-order valence-electron chi connectivity index (χ3n) is 2.14. The maximum atomic E-state index is 11.2. The van der Waals surface area contributed by atoms with Crippen LogP contribution in [0.3, 0.4) is 0 Å². The van der Waals surface area contributed by atoms with Crippen LogP contribution in [0.5, 0.6) is 0 Å². The summed E-state index contributed by atoms with van der Waals surface area (Å²) >= 11 is 0. The van der Waals surface area contributed by atoms with E-state index in [0.29, 0.717) is 11.3 Å². The highest BCUT2D eigenvalue weighted by atomic mass is 16.5. The average molecular weight is 191 g/mol. The quantitative estimate of drug-likeness (QED) is 0.690. The molecule has 1 amide bonds. The molecule has 0 aromatic heterocycles. The second kappa shape index (κ2) is 3.14. The van der Waals surface area contributed by atoms with Crippen LogP contribution in [0.4, 0.5) is 10.5 Å². The van der Waals surface area contributed by atoms with E-state index in [-0.39, 0.29) is 12.4 Å². The lowest BCUT2D eigenvalue weighted by molar-refractivity contribution is 0.101. The van der Waals surface area contributed by atoms with E-state index in [0.717, 1.165) is 5.56 Å². The average Bonchev–Trinajstić information content (AvgIpc) is 2.16. The zero-order chi connectivity index (χ0) is 10.1. The van der Waals surface area contributed by atoms with E-state index in [4.69, 9.17) is 4.74 Å². The number of carbonyl (C=O) groups is 2. The van der Waals surface area contributed by atoms with Gasteiger partial charge < -0.3 is 4.74 Å². The second-order valence-corrected chi connectivity index (χ2v) is 3.09. The Kier molecular flexibility index (Phi) is 1.96. The molecule has 0 aliphatic carbocycles. The molecule has 0 atom stereocenters. The number of carbonyl (C=O) groups excluding carboxylic acids is 2. The largest absolute Gasteiger partial charge is 0.444 e. The fourth-order valence-corrected chi connectivity index (χ4v) is 1.47. The zero-order valence-corrected chi connectivity index (χ0v) is 7.66. The summed E-state index contributed by atoms with van der Waals surface area (Å²) in [5.41, 5.74) is 2.01. The van der Waals surface area contributed by atoms with Crippen molar-refractivity contribution in [2.75, 3.05) is 5.32 Å². The molecule has 4 nitrogen and oxygen atoms in total. The summed E-state index contributed by atoms with van der Waals surface area (Å²) in [4.78, 5) is 22.1. The van der Waals surface area contributed by atoms with Crippen LogP contribution in [0.2, 0.25) is 0 Å². The zero-order valence-electron chi connectivity index (χ0n) is 7.66. The van der Waals surface area contributed by atoms with Gasteiger partial charge >= 0.3 is 6.09 Å². The predicted molar refractivity (Wildman–Crippen MR) is 50.3 cm³/mol. The van der Waals surface area contributed by atoms with E-state index in [1.165, 1.54) is 6.92 Å². The maximum Gasteiger partial charge on any atom is 0.411 e. The molecule has 0 bridgehead atoms. The van der Waals surface area contributed by atoms with Crippen molar-refractivity contribution in [1.29, 1.82) is 0 Å². The molecular formula is C10H9NO3. The summed E-state index contributed by atoms with van der Waals surface area (Å²) < 4.78 is 4.79. The second-order valence-electron chi connectivity index (χ2n) is 3.09. The highest BCUT2D eigenvalue weighted by Gasteiger charge is 2.19. The first-order valence-electron chi connectivity index (χ1n) is 4.25. The molecule has 4 heteroatoms. The van der Waals surface area contributed by atoms with E-state index < -0.39 is 6.09 Å². The highest BCUT2D eigenvalue weighted by Crippen LogP contribution is 2.25. The van der Waals surface area contributed by atoms with Crippen molar-refractivity contribution in [3.8, 4) is 0 Å². The molecular weight excluding hydrogens is 182 g/mol. The Hall–Kier alpha value is -1.84. The Morgan fingerprint density at radius 1 is 1.50 bits per heavy atom. The van der Waals surface area contributed by atoms with E-state index in [1.807, 2.05) is 0 Å². The van der Waals surface area contributed by atoms with Gasteiger partial charge in [0.05, 0.1) is 5.69 Å². The van der Waals surface area contributed by atoms with Crippen LogP contribution in [0.1, 0.15) is 22.8 Å². The van der Waals surface area contributed by atoms with Gasteiger partial charge in [-0.25, -0.2) is 4.79 Å². The Bertz CT molecular complexity index is 412. The predicted octanol–water partition coefficient (Wildman–Crippen LogP) is 1.95. The van der Waals surface area contributed by atoms with E-state index >= 15 is 0 Å². The van der Waals surface area contributed by atoms with E-state index in [2.05, 4.69) is 5.32 Å². The smallest absolute Gasteiger partial charge is 0.411 e. The Balaban J connectivity index is 2.52. The Labute approximate surface area is 80.9 Å². The number of rotatable bonds is 1. The lowest BCUT2D eigenvalue weighted by Crippen LogP contribution is -2.21. The van der Waals surface area contributed by atoms with Crippen LogP contribution < -0.4 is 5.32 Å². The first-order valence-corrected chi connectivity index (χ1v) is 4.25. The summed E-state index contributed by atoms with van der Waals surface area (Å²) in [5, 5.41) is 2.54. The minimum atomic E-state index is -0.474. The van der Waals surface area contributed by atoms with Crippen LogP contribution in [0.25, 0.3) is 0 Å². The fourth-order valence-electron chi connectivity index (χ4n) is 1.47. The van der Waals surface area contributed by atoms with Gasteiger partial charge in [0.2, 0.25) is 0 Å². The number of benzene rings is 1. The number of ether oxygens (including phenoxy) is 1. The fraction of sp³-hybridized carbons (Fsp3) is 0.200. The first-order chi connectivity index (χ1) is 6.68. The molecule has 0 saturated heterocycles. The third-order valence-corrected chi connectivity index (χ3v) is 2.14. The number of fused-ring (bicyclic) bond motifs is 1. The van der Waals surface area contributed by atoms with Crippen LogP contribution >= 0.6 is 0 Å². The molecule has 1 aromatic carbocycles. The third kappa shape index (κ3) is 1.35. The van der Waals surface area contributed by atoms with Gasteiger partial charge in [-0.1, -0.05) is 12.1 Å². The van der Waals surface area contributed by atoms with Gasteiger partial charge in [-0.3, -0.25) is 10.1 Å². The van der Waals surface area contributed by atoms with Crippen molar-refractivity contribution in [1.82, 2.24) is 0 Å². The molecule has 1 aliphatic rings. The monoisotopic (exact) mass is 191 g/mol. The molecule has 1 aromatic rings. The van der Waals surface area contributed by atoms with Crippen molar-refractivity contribution < 1.29 is 14.3 Å². The standard InChI is InChI=1S/C10H9NO3/c1-6(12)7-3-2-4-9-8(7)5-14-10(13)11-9/h2-4H,5H2,1H3,(H,11,13). The van der Waals surface area contributed by atoms with E-state index in [9.17, 15) is 9.59 Å². The SMILES string of the molecule is CC(=O)c1cccc2c1COC(=O)N2. The van der Waals surface area contributed by atoms with Crippen LogP contribution in [0, 0.1) is 0 Å². The van der Waals surface area contributed by atoms with Crippen molar-refractivity contribution in [2.45, 2.75) is 13.5 Å². The number of ketones is 1. The first kappa shape index (κ1) is 8.74. The number of amides is 1. The molecule has 1 aliphatic heterocycles. The highest BCUT2D eigenvalue weighted by molar-refractivity contribution is 5.99. The Morgan fingerprint density at radius 2 is 2.29 bits per heavy atom. The Morgan fingerprint density at radius 3 is 3.00 bits per heavy atom. The molecule has 0 radical (unpaired) electrons. The van der Waals surface area contributed by atoms with Gasteiger partial charge in [0.15, 0.2) is 5.78 Å². The molecule has 2 rings (SSSR count). The lowest BCUT2D eigenvalue weighted by Gasteiger charge is -2.19. The number of hydrogen-bond acceptors (Lipinski definition) is 3. The summed E-state index contributed by atoms with van der Waals surface area (Å²) in [6.45, 7) is 1.66. The summed E-state index contributed by atoms with van der Waals surface area (Å²) in [6, 6.07) is 5.21. The molecule has 1 heterocycles. The number of Topliss-reactive ketones (excluding diaryl/α,β-unsaturated/α-hetero) is 1. The molecule has 0 unspecified atom stereocenters. The van der Waals surface area contributed by atoms with Crippen molar-refractivity contribution in [3.63, 3.8) is 0 Å². The number of cyclic esters (lactones) is 1. The number of anilines is 1. The van der Waals surface area contributed by atoms with Gasteiger partial charge in [0.25, 0.3) is 0 Å². The number of hydrogen-bond donors (Lipinski definition) is 1. The minimum Gasteiger partial charge on any atom is -0.444 e. The maximum absolute atomic E-state index is 11.2. The van der Waals surface area contributed by atoms with Gasteiger partial charge in [-0.15, -0.1) is 0 Å². The van der Waals surface area contributed by atoms with Crippen molar-refractivity contribution in [2.24, 2.45) is 0 Å². The molecule has 72 valence electrons. The summed E-state index contributed by atoms with van der Waals surface area (Å²) in [6.07, 6.45) is -0.474. The van der Waals surface area contributed by atoms with E-state index in [1.54, 1.807) is 18.2 Å². The molecule has 0 saturated carbocycles. The van der Waals surface area contributed by atoms with Gasteiger partial charge in [-0.2, -0.15) is 0 Å². The molecule has 14 heavy (non-hydrogen) atoms. The minimum absolute atomic E-state index is 0.0263. The van der Waals surface area contributed by atoms with Gasteiger partial charge in [-0.05, 0) is 13.0 Å². The lowest BCUT2D eigenvalue weighted by atomic mass is 10.0. The van der Waals surface area contributed by atoms with Crippen LogP contribution in [0.15, 0.2) is 18.2 Å². The molecule has 0 fully saturated rings. The van der Waals surface area contributed by atoms with Crippen molar-refractivity contribution >= 4 is 17.6 Å². The molecule has 1 N–H and O–H groups in total. The van der Waals surface area contributed by atoms with Crippen molar-refractivity contribution in [3.05, 3.63) is 29.3 Å². The van der Waals surface area contributed by atoms with Gasteiger partial charge in [0, 0.05) is 11.1 Å². The normalized spacial score (nSPS) is 13.9. The summed E-state index contributed by atoms with van der Waals surface area (Å²) in [5.74, 6) is -0.0263. The number of nitrogens with one attached hydrogen (secondary N) is 1.